The van der Waals surface area contributed by atoms with Gasteiger partial charge in [0, 0.05) is 12.6 Å². The Hall–Kier alpha value is -0.760. The first-order valence-corrected chi connectivity index (χ1v) is 5.50. The van der Waals surface area contributed by atoms with Gasteiger partial charge in [-0.1, -0.05) is 23.8 Å². The van der Waals surface area contributed by atoms with Crippen LogP contribution < -0.4 is 0 Å². The normalized spacial score (nSPS) is 11.8. The van der Waals surface area contributed by atoms with Crippen molar-refractivity contribution in [3.8, 4) is 0 Å². The minimum Gasteiger partial charge on any atom is -0.281 e. The molecule has 1 rings (SSSR count). The van der Waals surface area contributed by atoms with E-state index in [2.05, 4.69) is 43.3 Å². The molecule has 2 heteroatoms. The molecule has 1 aromatic carbocycles. The van der Waals surface area contributed by atoms with E-state index in [0.717, 1.165) is 5.04 Å². The summed E-state index contributed by atoms with van der Waals surface area (Å²) in [5, 5.41) is 1.11. The molecule has 0 radical (unpaired) electrons. The maximum atomic E-state index is 4.25. The zero-order valence-corrected chi connectivity index (χ0v) is 9.40. The van der Waals surface area contributed by atoms with Crippen molar-refractivity contribution in [1.82, 2.24) is 0 Å². The highest BCUT2D eigenvalue weighted by atomic mass is 32.2. The SMILES string of the molecule is CN=C(SC)c1ccc(C)cc1C. The maximum Gasteiger partial charge on any atom is 0.0973 e. The van der Waals surface area contributed by atoms with Gasteiger partial charge in [0.1, 0.15) is 0 Å². The number of nitrogens with zero attached hydrogens (tertiary/aromatic N) is 1. The van der Waals surface area contributed by atoms with Crippen LogP contribution >= 0.6 is 11.8 Å². The number of benzene rings is 1. The number of aryl methyl sites for hydroxylation is 2. The van der Waals surface area contributed by atoms with E-state index in [1.807, 2.05) is 7.05 Å². The molecule has 13 heavy (non-hydrogen) atoms. The molecule has 1 aromatic rings. The van der Waals surface area contributed by atoms with E-state index in [4.69, 9.17) is 0 Å². The van der Waals surface area contributed by atoms with Crippen LogP contribution in [0.2, 0.25) is 0 Å². The smallest absolute Gasteiger partial charge is 0.0973 e. The summed E-state index contributed by atoms with van der Waals surface area (Å²) in [6.07, 6.45) is 2.06. The summed E-state index contributed by atoms with van der Waals surface area (Å²) in [6, 6.07) is 6.46. The highest BCUT2D eigenvalue weighted by Crippen LogP contribution is 2.16. The van der Waals surface area contributed by atoms with Crippen LogP contribution in [0.4, 0.5) is 0 Å². The summed E-state index contributed by atoms with van der Waals surface area (Å²) in [4.78, 5) is 4.25. The number of hydrogen-bond donors (Lipinski definition) is 0. The van der Waals surface area contributed by atoms with Gasteiger partial charge in [0.05, 0.1) is 5.04 Å². The number of thioether (sulfide) groups is 1. The zero-order valence-electron chi connectivity index (χ0n) is 8.59. The summed E-state index contributed by atoms with van der Waals surface area (Å²) < 4.78 is 0. The minimum absolute atomic E-state index is 1.11. The van der Waals surface area contributed by atoms with Crippen LogP contribution in [0.3, 0.4) is 0 Å². The Balaban J connectivity index is 3.15. The number of rotatable bonds is 1. The topological polar surface area (TPSA) is 12.4 Å². The molecule has 1 nitrogen and oxygen atoms in total. The molecular weight excluding hydrogens is 178 g/mol. The van der Waals surface area contributed by atoms with Crippen LogP contribution in [0, 0.1) is 13.8 Å². The van der Waals surface area contributed by atoms with Crippen molar-refractivity contribution in [3.05, 3.63) is 34.9 Å². The molecule has 0 aliphatic carbocycles. The first kappa shape index (κ1) is 10.3. The lowest BCUT2D eigenvalue weighted by Gasteiger charge is -2.06. The molecule has 0 N–H and O–H groups in total. The van der Waals surface area contributed by atoms with Crippen LogP contribution in [-0.4, -0.2) is 18.3 Å². The van der Waals surface area contributed by atoms with Crippen molar-refractivity contribution in [1.29, 1.82) is 0 Å². The van der Waals surface area contributed by atoms with Gasteiger partial charge >= 0.3 is 0 Å². The van der Waals surface area contributed by atoms with Crippen LogP contribution in [-0.2, 0) is 0 Å². The average molecular weight is 193 g/mol. The van der Waals surface area contributed by atoms with Crippen molar-refractivity contribution in [2.45, 2.75) is 13.8 Å². The fraction of sp³-hybridized carbons (Fsp3) is 0.364. The standard InChI is InChI=1S/C11H15NS/c1-8-5-6-10(9(2)7-8)11(12-3)13-4/h5-7H,1-4H3. The van der Waals surface area contributed by atoms with E-state index in [0.29, 0.717) is 0 Å². The van der Waals surface area contributed by atoms with E-state index in [9.17, 15) is 0 Å². The lowest BCUT2D eigenvalue weighted by atomic mass is 10.1. The Labute approximate surface area is 84.3 Å². The van der Waals surface area contributed by atoms with Gasteiger partial charge in [0.25, 0.3) is 0 Å². The third-order valence-corrected chi connectivity index (χ3v) is 2.80. The molecule has 0 heterocycles. The van der Waals surface area contributed by atoms with Crippen LogP contribution in [0.5, 0.6) is 0 Å². The summed E-state index contributed by atoms with van der Waals surface area (Å²) in [5.41, 5.74) is 3.85. The minimum atomic E-state index is 1.11. The van der Waals surface area contributed by atoms with Gasteiger partial charge in [0.15, 0.2) is 0 Å². The molecule has 0 bridgehead atoms. The molecule has 0 amide bonds. The van der Waals surface area contributed by atoms with E-state index in [-0.39, 0.29) is 0 Å². The second-order valence-corrected chi connectivity index (χ2v) is 3.85. The zero-order chi connectivity index (χ0) is 9.84. The largest absolute Gasteiger partial charge is 0.281 e. The Kier molecular flexibility index (Phi) is 3.55. The van der Waals surface area contributed by atoms with Gasteiger partial charge in [-0.15, -0.1) is 11.8 Å². The number of hydrogen-bond acceptors (Lipinski definition) is 2. The lowest BCUT2D eigenvalue weighted by Crippen LogP contribution is -1.98. The van der Waals surface area contributed by atoms with Crippen LogP contribution in [0.25, 0.3) is 0 Å². The molecule has 0 atom stereocenters. The second kappa shape index (κ2) is 4.47. The van der Waals surface area contributed by atoms with Crippen molar-refractivity contribution in [2.24, 2.45) is 4.99 Å². The van der Waals surface area contributed by atoms with Crippen LogP contribution in [0.15, 0.2) is 23.2 Å². The fourth-order valence-electron chi connectivity index (χ4n) is 1.38. The summed E-state index contributed by atoms with van der Waals surface area (Å²) in [6.45, 7) is 4.24. The van der Waals surface area contributed by atoms with Crippen molar-refractivity contribution < 1.29 is 0 Å². The molecule has 0 aliphatic rings. The van der Waals surface area contributed by atoms with Crippen molar-refractivity contribution in [3.63, 3.8) is 0 Å². The van der Waals surface area contributed by atoms with E-state index in [1.165, 1.54) is 16.7 Å². The van der Waals surface area contributed by atoms with E-state index >= 15 is 0 Å². The quantitative estimate of drug-likeness (QED) is 0.493. The average Bonchev–Trinajstić information content (AvgIpc) is 2.10. The first-order valence-electron chi connectivity index (χ1n) is 4.27. The van der Waals surface area contributed by atoms with E-state index < -0.39 is 0 Å². The molecule has 70 valence electrons. The predicted molar refractivity (Wildman–Crippen MR) is 61.9 cm³/mol. The van der Waals surface area contributed by atoms with Gasteiger partial charge < -0.3 is 0 Å². The lowest BCUT2D eigenvalue weighted by molar-refractivity contribution is 1.36. The van der Waals surface area contributed by atoms with E-state index in [1.54, 1.807) is 11.8 Å². The Morgan fingerprint density at radius 1 is 1.31 bits per heavy atom. The van der Waals surface area contributed by atoms with Gasteiger partial charge in [-0.3, -0.25) is 4.99 Å². The Morgan fingerprint density at radius 3 is 2.46 bits per heavy atom. The molecule has 0 spiro atoms. The molecule has 0 aliphatic heterocycles. The Morgan fingerprint density at radius 2 is 2.00 bits per heavy atom. The molecule has 0 saturated heterocycles. The maximum absolute atomic E-state index is 4.25. The molecular formula is C11H15NS. The van der Waals surface area contributed by atoms with Crippen molar-refractivity contribution in [2.75, 3.05) is 13.3 Å². The third-order valence-electron chi connectivity index (χ3n) is 2.01. The second-order valence-electron chi connectivity index (χ2n) is 3.05. The fourth-order valence-corrected chi connectivity index (χ4v) is 2.01. The monoisotopic (exact) mass is 193 g/mol. The molecule has 0 saturated carbocycles. The first-order chi connectivity index (χ1) is 6.19. The van der Waals surface area contributed by atoms with Gasteiger partial charge in [0.2, 0.25) is 0 Å². The number of aliphatic imine (C=N–C) groups is 1. The third kappa shape index (κ3) is 2.34. The van der Waals surface area contributed by atoms with Gasteiger partial charge in [-0.2, -0.15) is 0 Å². The highest BCUT2D eigenvalue weighted by molar-refractivity contribution is 8.13. The molecule has 0 aromatic heterocycles. The highest BCUT2D eigenvalue weighted by Gasteiger charge is 2.03. The van der Waals surface area contributed by atoms with Gasteiger partial charge in [-0.05, 0) is 25.7 Å². The Bertz CT molecular complexity index is 329. The molecule has 0 fully saturated rings. The molecule has 0 unspecified atom stereocenters. The summed E-state index contributed by atoms with van der Waals surface area (Å²) in [7, 11) is 1.84. The predicted octanol–water partition coefficient (Wildman–Crippen LogP) is 3.04. The summed E-state index contributed by atoms with van der Waals surface area (Å²) >= 11 is 1.69. The van der Waals surface area contributed by atoms with Gasteiger partial charge in [-0.25, -0.2) is 0 Å². The van der Waals surface area contributed by atoms with Crippen molar-refractivity contribution >= 4 is 16.8 Å². The van der Waals surface area contributed by atoms with Crippen LogP contribution in [0.1, 0.15) is 16.7 Å². The summed E-state index contributed by atoms with van der Waals surface area (Å²) in [5.74, 6) is 0.